The summed E-state index contributed by atoms with van der Waals surface area (Å²) in [5.41, 5.74) is 3.51. The second kappa shape index (κ2) is 6.16. The van der Waals surface area contributed by atoms with Gasteiger partial charge in [-0.3, -0.25) is 0 Å². The van der Waals surface area contributed by atoms with Gasteiger partial charge in [-0.15, -0.1) is 0 Å². The van der Waals surface area contributed by atoms with E-state index in [9.17, 15) is 4.79 Å². The molecule has 0 heterocycles. The molecular formula is C16H17NO2. The van der Waals surface area contributed by atoms with Crippen LogP contribution in [0.15, 0.2) is 48.5 Å². The summed E-state index contributed by atoms with van der Waals surface area (Å²) in [6.07, 6.45) is 0. The number of hydrogen-bond donors (Lipinski definition) is 2. The standard InChI is InChI=1S/C16H17NO2/c1-2-17-11-14-10-13(16(18)19)8-9-15(14)12-6-4-3-5-7-12/h3-10,17H,2,11H2,1H3,(H,18,19). The molecule has 2 aromatic carbocycles. The average molecular weight is 255 g/mol. The summed E-state index contributed by atoms with van der Waals surface area (Å²) in [5, 5.41) is 12.3. The predicted molar refractivity (Wildman–Crippen MR) is 76.2 cm³/mol. The molecule has 0 saturated carbocycles. The SMILES string of the molecule is CCNCc1cc(C(=O)O)ccc1-c1ccccc1. The average Bonchev–Trinajstić information content (AvgIpc) is 2.45. The number of carboxylic acid groups (broad SMARTS) is 1. The molecule has 0 amide bonds. The molecule has 19 heavy (non-hydrogen) atoms. The first kappa shape index (κ1) is 13.3. The molecule has 0 saturated heterocycles. The lowest BCUT2D eigenvalue weighted by atomic mass is 9.97. The van der Waals surface area contributed by atoms with Crippen molar-refractivity contribution in [3.05, 3.63) is 59.7 Å². The van der Waals surface area contributed by atoms with Crippen LogP contribution in [-0.2, 0) is 6.54 Å². The monoisotopic (exact) mass is 255 g/mol. The van der Waals surface area contributed by atoms with E-state index in [1.165, 1.54) is 0 Å². The van der Waals surface area contributed by atoms with Crippen LogP contribution in [-0.4, -0.2) is 17.6 Å². The van der Waals surface area contributed by atoms with Gasteiger partial charge in [-0.05, 0) is 35.4 Å². The highest BCUT2D eigenvalue weighted by Crippen LogP contribution is 2.24. The number of carboxylic acids is 1. The van der Waals surface area contributed by atoms with Crippen LogP contribution in [0.4, 0.5) is 0 Å². The summed E-state index contributed by atoms with van der Waals surface area (Å²) in [6.45, 7) is 3.55. The molecule has 0 aliphatic carbocycles. The summed E-state index contributed by atoms with van der Waals surface area (Å²) in [6, 6.07) is 15.3. The van der Waals surface area contributed by atoms with E-state index in [1.54, 1.807) is 12.1 Å². The Balaban J connectivity index is 2.44. The van der Waals surface area contributed by atoms with Crippen LogP contribution in [0.3, 0.4) is 0 Å². The zero-order chi connectivity index (χ0) is 13.7. The Labute approximate surface area is 112 Å². The predicted octanol–water partition coefficient (Wildman–Crippen LogP) is 3.16. The van der Waals surface area contributed by atoms with E-state index >= 15 is 0 Å². The lowest BCUT2D eigenvalue weighted by molar-refractivity contribution is 0.0697. The summed E-state index contributed by atoms with van der Waals surface area (Å²) >= 11 is 0. The molecule has 2 aromatic rings. The maximum Gasteiger partial charge on any atom is 0.335 e. The number of hydrogen-bond acceptors (Lipinski definition) is 2. The van der Waals surface area contributed by atoms with E-state index in [2.05, 4.69) is 5.32 Å². The van der Waals surface area contributed by atoms with E-state index in [0.717, 1.165) is 23.2 Å². The number of carbonyl (C=O) groups is 1. The molecule has 0 fully saturated rings. The van der Waals surface area contributed by atoms with Crippen molar-refractivity contribution >= 4 is 5.97 Å². The second-order valence-corrected chi connectivity index (χ2v) is 4.32. The Bertz CT molecular complexity index is 564. The van der Waals surface area contributed by atoms with Crippen molar-refractivity contribution in [3.8, 4) is 11.1 Å². The van der Waals surface area contributed by atoms with Crippen molar-refractivity contribution in [3.63, 3.8) is 0 Å². The maximum absolute atomic E-state index is 11.1. The van der Waals surface area contributed by atoms with E-state index in [4.69, 9.17) is 5.11 Å². The highest BCUT2D eigenvalue weighted by atomic mass is 16.4. The molecule has 98 valence electrons. The zero-order valence-electron chi connectivity index (χ0n) is 10.9. The molecule has 2 N–H and O–H groups in total. The molecule has 0 atom stereocenters. The molecular weight excluding hydrogens is 238 g/mol. The molecule has 0 spiro atoms. The molecule has 0 aliphatic heterocycles. The van der Waals surface area contributed by atoms with Crippen LogP contribution in [0, 0.1) is 0 Å². The zero-order valence-corrected chi connectivity index (χ0v) is 10.9. The fourth-order valence-electron chi connectivity index (χ4n) is 2.03. The van der Waals surface area contributed by atoms with Gasteiger partial charge >= 0.3 is 5.97 Å². The van der Waals surface area contributed by atoms with Gasteiger partial charge in [0.25, 0.3) is 0 Å². The van der Waals surface area contributed by atoms with Gasteiger partial charge in [-0.2, -0.15) is 0 Å². The Kier molecular flexibility index (Phi) is 4.31. The van der Waals surface area contributed by atoms with Crippen molar-refractivity contribution in [1.82, 2.24) is 5.32 Å². The van der Waals surface area contributed by atoms with Crippen LogP contribution in [0.1, 0.15) is 22.8 Å². The van der Waals surface area contributed by atoms with Crippen LogP contribution in [0.25, 0.3) is 11.1 Å². The van der Waals surface area contributed by atoms with Gasteiger partial charge in [0.2, 0.25) is 0 Å². The third kappa shape index (κ3) is 3.20. The first-order valence-corrected chi connectivity index (χ1v) is 6.34. The Morgan fingerprint density at radius 2 is 1.89 bits per heavy atom. The Hall–Kier alpha value is -2.13. The van der Waals surface area contributed by atoms with Gasteiger partial charge < -0.3 is 10.4 Å². The van der Waals surface area contributed by atoms with E-state index in [1.807, 2.05) is 43.3 Å². The van der Waals surface area contributed by atoms with Crippen molar-refractivity contribution in [2.75, 3.05) is 6.54 Å². The molecule has 0 unspecified atom stereocenters. The third-order valence-electron chi connectivity index (χ3n) is 3.00. The van der Waals surface area contributed by atoms with Crippen LogP contribution in [0.5, 0.6) is 0 Å². The van der Waals surface area contributed by atoms with Crippen LogP contribution >= 0.6 is 0 Å². The van der Waals surface area contributed by atoms with Crippen molar-refractivity contribution in [1.29, 1.82) is 0 Å². The molecule has 0 radical (unpaired) electrons. The summed E-state index contributed by atoms with van der Waals surface area (Å²) in [4.78, 5) is 11.1. The normalized spacial score (nSPS) is 10.4. The smallest absolute Gasteiger partial charge is 0.335 e. The first-order valence-electron chi connectivity index (χ1n) is 6.34. The topological polar surface area (TPSA) is 49.3 Å². The van der Waals surface area contributed by atoms with Crippen LogP contribution < -0.4 is 5.32 Å². The second-order valence-electron chi connectivity index (χ2n) is 4.32. The van der Waals surface area contributed by atoms with Crippen molar-refractivity contribution < 1.29 is 9.90 Å². The molecule has 0 aromatic heterocycles. The first-order chi connectivity index (χ1) is 9.22. The fraction of sp³-hybridized carbons (Fsp3) is 0.188. The number of benzene rings is 2. The maximum atomic E-state index is 11.1. The summed E-state index contributed by atoms with van der Waals surface area (Å²) in [5.74, 6) is -0.891. The number of aromatic carboxylic acids is 1. The Morgan fingerprint density at radius 3 is 2.53 bits per heavy atom. The lowest BCUT2D eigenvalue weighted by Gasteiger charge is -2.11. The molecule has 0 bridgehead atoms. The van der Waals surface area contributed by atoms with Gasteiger partial charge in [0.1, 0.15) is 0 Å². The minimum atomic E-state index is -0.891. The van der Waals surface area contributed by atoms with Gasteiger partial charge in [-0.25, -0.2) is 4.79 Å². The lowest BCUT2D eigenvalue weighted by Crippen LogP contribution is -2.13. The van der Waals surface area contributed by atoms with Crippen molar-refractivity contribution in [2.45, 2.75) is 13.5 Å². The van der Waals surface area contributed by atoms with Gasteiger partial charge in [0, 0.05) is 6.54 Å². The van der Waals surface area contributed by atoms with Crippen LogP contribution in [0.2, 0.25) is 0 Å². The van der Waals surface area contributed by atoms with E-state index in [0.29, 0.717) is 12.1 Å². The summed E-state index contributed by atoms with van der Waals surface area (Å²) < 4.78 is 0. The molecule has 0 aliphatic rings. The fourth-order valence-corrected chi connectivity index (χ4v) is 2.03. The minimum absolute atomic E-state index is 0.326. The van der Waals surface area contributed by atoms with Gasteiger partial charge in [0.05, 0.1) is 5.56 Å². The quantitative estimate of drug-likeness (QED) is 0.862. The molecule has 2 rings (SSSR count). The highest BCUT2D eigenvalue weighted by Gasteiger charge is 2.09. The number of rotatable bonds is 5. The largest absolute Gasteiger partial charge is 0.478 e. The Morgan fingerprint density at radius 1 is 1.16 bits per heavy atom. The summed E-state index contributed by atoms with van der Waals surface area (Å²) in [7, 11) is 0. The minimum Gasteiger partial charge on any atom is -0.478 e. The number of nitrogens with one attached hydrogen (secondary N) is 1. The molecule has 3 nitrogen and oxygen atoms in total. The molecule has 3 heteroatoms. The van der Waals surface area contributed by atoms with Gasteiger partial charge in [-0.1, -0.05) is 43.3 Å². The highest BCUT2D eigenvalue weighted by molar-refractivity contribution is 5.89. The van der Waals surface area contributed by atoms with Crippen molar-refractivity contribution in [2.24, 2.45) is 0 Å². The third-order valence-corrected chi connectivity index (χ3v) is 3.00. The van der Waals surface area contributed by atoms with E-state index < -0.39 is 5.97 Å². The van der Waals surface area contributed by atoms with Gasteiger partial charge in [0.15, 0.2) is 0 Å². The van der Waals surface area contributed by atoms with E-state index in [-0.39, 0.29) is 0 Å².